The van der Waals surface area contributed by atoms with E-state index < -0.39 is 0 Å². The second kappa shape index (κ2) is 9.47. The molecular weight excluding hydrogens is 332 g/mol. The summed E-state index contributed by atoms with van der Waals surface area (Å²) in [5, 5.41) is 4.71. The van der Waals surface area contributed by atoms with Gasteiger partial charge in [-0.1, -0.05) is 56.3 Å². The van der Waals surface area contributed by atoms with Crippen molar-refractivity contribution in [2.75, 3.05) is 25.0 Å². The number of anilines is 1. The van der Waals surface area contributed by atoms with E-state index >= 15 is 0 Å². The fraction of sp³-hybridized carbons (Fsp3) is 0.391. The van der Waals surface area contributed by atoms with Gasteiger partial charge in [0.2, 0.25) is 0 Å². The van der Waals surface area contributed by atoms with E-state index in [-0.39, 0.29) is 0 Å². The van der Waals surface area contributed by atoms with E-state index in [9.17, 15) is 0 Å². The molecule has 0 aliphatic carbocycles. The van der Waals surface area contributed by atoms with E-state index in [1.165, 1.54) is 6.42 Å². The average molecular weight is 363 g/mol. The van der Waals surface area contributed by atoms with E-state index in [0.717, 1.165) is 54.2 Å². The minimum atomic E-state index is 0.363. The normalized spacial score (nSPS) is 12.4. The van der Waals surface area contributed by atoms with Crippen molar-refractivity contribution in [2.24, 2.45) is 0 Å². The van der Waals surface area contributed by atoms with Crippen molar-refractivity contribution in [3.05, 3.63) is 54.6 Å². The van der Waals surface area contributed by atoms with Crippen LogP contribution in [0.5, 0.6) is 0 Å². The number of hydrogen-bond acceptors (Lipinski definition) is 4. The van der Waals surface area contributed by atoms with Crippen LogP contribution in [-0.2, 0) is 0 Å². The van der Waals surface area contributed by atoms with Crippen molar-refractivity contribution in [3.8, 4) is 11.4 Å². The van der Waals surface area contributed by atoms with Crippen LogP contribution in [-0.4, -0.2) is 40.5 Å². The summed E-state index contributed by atoms with van der Waals surface area (Å²) < 4.78 is 0. The summed E-state index contributed by atoms with van der Waals surface area (Å²) in [6.45, 7) is 10.1. The Balaban J connectivity index is 1.78. The summed E-state index contributed by atoms with van der Waals surface area (Å²) in [5.41, 5.74) is 2.02. The topological polar surface area (TPSA) is 41.0 Å². The molecule has 1 atom stereocenters. The summed E-state index contributed by atoms with van der Waals surface area (Å²) in [5.74, 6) is 1.70. The molecule has 0 radical (unpaired) electrons. The smallest absolute Gasteiger partial charge is 0.162 e. The van der Waals surface area contributed by atoms with Crippen LogP contribution in [0.3, 0.4) is 0 Å². The van der Waals surface area contributed by atoms with Gasteiger partial charge in [-0.2, -0.15) is 0 Å². The predicted molar refractivity (Wildman–Crippen MR) is 115 cm³/mol. The average Bonchev–Trinajstić information content (AvgIpc) is 2.72. The van der Waals surface area contributed by atoms with Gasteiger partial charge < -0.3 is 10.2 Å². The minimum absolute atomic E-state index is 0.363. The van der Waals surface area contributed by atoms with E-state index in [1.807, 2.05) is 30.3 Å². The summed E-state index contributed by atoms with van der Waals surface area (Å²) >= 11 is 0. The van der Waals surface area contributed by atoms with Crippen LogP contribution in [0.1, 0.15) is 33.6 Å². The number of nitrogens with one attached hydrogen (secondary N) is 1. The fourth-order valence-electron chi connectivity index (χ4n) is 3.37. The Hall–Kier alpha value is -2.46. The summed E-state index contributed by atoms with van der Waals surface area (Å²) in [7, 11) is 0. The fourth-order valence-corrected chi connectivity index (χ4v) is 3.37. The Morgan fingerprint density at radius 1 is 0.926 bits per heavy atom. The SMILES string of the molecule is CCN(CC)CCC[C@H](C)Nc1nc(-c2ccccc2)nc2ccccc12. The van der Waals surface area contributed by atoms with E-state index in [1.54, 1.807) is 0 Å². The van der Waals surface area contributed by atoms with Gasteiger partial charge in [-0.15, -0.1) is 0 Å². The van der Waals surface area contributed by atoms with Crippen LogP contribution < -0.4 is 5.32 Å². The lowest BCUT2D eigenvalue weighted by atomic mass is 10.1. The Kier molecular flexibility index (Phi) is 6.77. The Morgan fingerprint density at radius 2 is 1.63 bits per heavy atom. The summed E-state index contributed by atoms with van der Waals surface area (Å²) in [6, 6.07) is 18.8. The van der Waals surface area contributed by atoms with Gasteiger partial charge in [0, 0.05) is 17.0 Å². The molecule has 3 rings (SSSR count). The molecule has 0 amide bonds. The zero-order valence-corrected chi connectivity index (χ0v) is 16.7. The molecule has 0 unspecified atom stereocenters. The highest BCUT2D eigenvalue weighted by Gasteiger charge is 2.11. The molecule has 0 aliphatic rings. The summed E-state index contributed by atoms with van der Waals surface area (Å²) in [6.07, 6.45) is 2.31. The van der Waals surface area contributed by atoms with Gasteiger partial charge in [0.15, 0.2) is 5.82 Å². The maximum atomic E-state index is 4.85. The molecule has 142 valence electrons. The van der Waals surface area contributed by atoms with Gasteiger partial charge in [-0.25, -0.2) is 9.97 Å². The highest BCUT2D eigenvalue weighted by atomic mass is 15.1. The van der Waals surface area contributed by atoms with Crippen LogP contribution in [0.25, 0.3) is 22.3 Å². The maximum Gasteiger partial charge on any atom is 0.162 e. The first-order valence-electron chi connectivity index (χ1n) is 10.0. The molecular formula is C23H30N4. The molecule has 0 bridgehead atoms. The third kappa shape index (κ3) is 5.04. The minimum Gasteiger partial charge on any atom is -0.367 e. The van der Waals surface area contributed by atoms with Crippen molar-refractivity contribution in [1.82, 2.24) is 14.9 Å². The maximum absolute atomic E-state index is 4.85. The second-order valence-electron chi connectivity index (χ2n) is 6.99. The zero-order valence-electron chi connectivity index (χ0n) is 16.7. The monoisotopic (exact) mass is 362 g/mol. The Morgan fingerprint density at radius 3 is 2.37 bits per heavy atom. The molecule has 0 fully saturated rings. The van der Waals surface area contributed by atoms with Crippen molar-refractivity contribution >= 4 is 16.7 Å². The van der Waals surface area contributed by atoms with Gasteiger partial charge in [-0.3, -0.25) is 0 Å². The molecule has 27 heavy (non-hydrogen) atoms. The molecule has 1 aromatic heterocycles. The summed E-state index contributed by atoms with van der Waals surface area (Å²) in [4.78, 5) is 12.1. The quantitative estimate of drug-likeness (QED) is 0.567. The van der Waals surface area contributed by atoms with Gasteiger partial charge in [0.1, 0.15) is 5.82 Å². The first-order chi connectivity index (χ1) is 13.2. The number of hydrogen-bond donors (Lipinski definition) is 1. The van der Waals surface area contributed by atoms with Crippen molar-refractivity contribution < 1.29 is 0 Å². The number of para-hydroxylation sites is 1. The Labute approximate surface area is 162 Å². The lowest BCUT2D eigenvalue weighted by Gasteiger charge is -2.20. The van der Waals surface area contributed by atoms with Gasteiger partial charge >= 0.3 is 0 Å². The van der Waals surface area contributed by atoms with Crippen molar-refractivity contribution in [3.63, 3.8) is 0 Å². The van der Waals surface area contributed by atoms with Crippen LogP contribution in [0.15, 0.2) is 54.6 Å². The second-order valence-corrected chi connectivity index (χ2v) is 6.99. The third-order valence-corrected chi connectivity index (χ3v) is 5.02. The molecule has 0 spiro atoms. The molecule has 1 heterocycles. The van der Waals surface area contributed by atoms with Crippen LogP contribution in [0.2, 0.25) is 0 Å². The number of aromatic nitrogens is 2. The molecule has 3 aromatic rings. The van der Waals surface area contributed by atoms with Crippen LogP contribution in [0.4, 0.5) is 5.82 Å². The van der Waals surface area contributed by atoms with E-state index in [2.05, 4.69) is 55.3 Å². The molecule has 4 heteroatoms. The lowest BCUT2D eigenvalue weighted by molar-refractivity contribution is 0.295. The number of benzene rings is 2. The predicted octanol–water partition coefficient (Wildman–Crippen LogP) is 5.22. The van der Waals surface area contributed by atoms with Crippen molar-refractivity contribution in [2.45, 2.75) is 39.7 Å². The van der Waals surface area contributed by atoms with Crippen molar-refractivity contribution in [1.29, 1.82) is 0 Å². The number of rotatable bonds is 9. The molecule has 1 N–H and O–H groups in total. The Bertz CT molecular complexity index is 843. The molecule has 0 saturated carbocycles. The van der Waals surface area contributed by atoms with Crippen LogP contribution >= 0.6 is 0 Å². The number of nitrogens with zero attached hydrogens (tertiary/aromatic N) is 3. The molecule has 4 nitrogen and oxygen atoms in total. The highest BCUT2D eigenvalue weighted by molar-refractivity contribution is 5.90. The molecule has 0 aliphatic heterocycles. The van der Waals surface area contributed by atoms with Gasteiger partial charge in [0.05, 0.1) is 5.52 Å². The van der Waals surface area contributed by atoms with E-state index in [4.69, 9.17) is 9.97 Å². The molecule has 0 saturated heterocycles. The van der Waals surface area contributed by atoms with E-state index in [0.29, 0.717) is 6.04 Å². The number of fused-ring (bicyclic) bond motifs is 1. The molecule has 2 aromatic carbocycles. The van der Waals surface area contributed by atoms with Gasteiger partial charge in [-0.05, 0) is 51.5 Å². The highest BCUT2D eigenvalue weighted by Crippen LogP contribution is 2.25. The zero-order chi connectivity index (χ0) is 19.1. The lowest BCUT2D eigenvalue weighted by Crippen LogP contribution is -2.25. The van der Waals surface area contributed by atoms with Gasteiger partial charge in [0.25, 0.3) is 0 Å². The largest absolute Gasteiger partial charge is 0.367 e. The van der Waals surface area contributed by atoms with Crippen LogP contribution in [0, 0.1) is 0 Å². The standard InChI is InChI=1S/C23H30N4/c1-4-27(5-2)17-11-12-18(3)24-23-20-15-9-10-16-21(20)25-22(26-23)19-13-7-6-8-14-19/h6-10,13-16,18H,4-5,11-12,17H2,1-3H3,(H,24,25,26)/t18-/m0/s1. The first kappa shape index (κ1) is 19.3. The first-order valence-corrected chi connectivity index (χ1v) is 10.0. The third-order valence-electron chi connectivity index (χ3n) is 5.02.